The highest BCUT2D eigenvalue weighted by atomic mass is 79.9. The van der Waals surface area contributed by atoms with Gasteiger partial charge in [-0.2, -0.15) is 0 Å². The van der Waals surface area contributed by atoms with Gasteiger partial charge < -0.3 is 14.2 Å². The van der Waals surface area contributed by atoms with Crippen LogP contribution in [0.15, 0.2) is 81.9 Å². The number of hydrogen-bond acceptors (Lipinski definition) is 5. The largest absolute Gasteiger partial charge is 0.490 e. The highest BCUT2D eigenvalue weighted by Crippen LogP contribution is 2.38. The molecule has 0 amide bonds. The van der Waals surface area contributed by atoms with Crippen LogP contribution >= 0.6 is 15.9 Å². The average molecular weight is 506 g/mol. The van der Waals surface area contributed by atoms with Crippen LogP contribution in [-0.4, -0.2) is 24.6 Å². The summed E-state index contributed by atoms with van der Waals surface area (Å²) in [6.45, 7) is 6.31. The monoisotopic (exact) mass is 505 g/mol. The first-order chi connectivity index (χ1) is 15.9. The number of cyclic esters (lactones) is 1. The van der Waals surface area contributed by atoms with Gasteiger partial charge in [-0.05, 0) is 83.7 Å². The van der Waals surface area contributed by atoms with Crippen LogP contribution in [0.25, 0.3) is 17.2 Å². The highest BCUT2D eigenvalue weighted by Gasteiger charge is 2.24. The lowest BCUT2D eigenvalue weighted by atomic mass is 10.0. The van der Waals surface area contributed by atoms with Gasteiger partial charge >= 0.3 is 5.97 Å². The molecule has 0 radical (unpaired) electrons. The van der Waals surface area contributed by atoms with E-state index in [-0.39, 0.29) is 17.7 Å². The zero-order valence-electron chi connectivity index (χ0n) is 18.7. The lowest BCUT2D eigenvalue weighted by molar-refractivity contribution is -0.129. The van der Waals surface area contributed by atoms with Crippen LogP contribution in [0.1, 0.15) is 31.9 Å². The maximum absolute atomic E-state index is 12.5. The molecule has 0 fully saturated rings. The third-order valence-corrected chi connectivity index (χ3v) is 5.44. The molecule has 5 nitrogen and oxygen atoms in total. The minimum Gasteiger partial charge on any atom is -0.490 e. The molecule has 0 bridgehead atoms. The third kappa shape index (κ3) is 5.34. The summed E-state index contributed by atoms with van der Waals surface area (Å²) < 4.78 is 17.8. The van der Waals surface area contributed by atoms with Gasteiger partial charge in [-0.25, -0.2) is 9.79 Å². The van der Waals surface area contributed by atoms with E-state index in [1.165, 1.54) is 0 Å². The predicted molar refractivity (Wildman–Crippen MR) is 134 cm³/mol. The van der Waals surface area contributed by atoms with Crippen molar-refractivity contribution in [3.05, 3.63) is 88.0 Å². The summed E-state index contributed by atoms with van der Waals surface area (Å²) in [6, 6.07) is 21.6. The van der Waals surface area contributed by atoms with E-state index < -0.39 is 5.97 Å². The maximum atomic E-state index is 12.5. The van der Waals surface area contributed by atoms with Crippen molar-refractivity contribution in [2.45, 2.75) is 26.9 Å². The molecule has 0 N–H and O–H groups in total. The number of carbonyl (C=O) groups excluding carboxylic acids is 1. The molecule has 0 aromatic heterocycles. The summed E-state index contributed by atoms with van der Waals surface area (Å²) in [5.74, 6) is 1.02. The van der Waals surface area contributed by atoms with Crippen molar-refractivity contribution in [2.75, 3.05) is 6.61 Å². The fourth-order valence-corrected chi connectivity index (χ4v) is 3.96. The Balaban J connectivity index is 1.61. The number of esters is 1. The van der Waals surface area contributed by atoms with Crippen molar-refractivity contribution in [3.63, 3.8) is 0 Å². The first-order valence-corrected chi connectivity index (χ1v) is 11.6. The number of hydrogen-bond donors (Lipinski definition) is 0. The highest BCUT2D eigenvalue weighted by molar-refractivity contribution is 9.10. The first-order valence-electron chi connectivity index (χ1n) is 10.8. The van der Waals surface area contributed by atoms with Gasteiger partial charge in [-0.3, -0.25) is 0 Å². The zero-order chi connectivity index (χ0) is 23.4. The van der Waals surface area contributed by atoms with E-state index in [0.717, 1.165) is 26.7 Å². The number of rotatable bonds is 7. The smallest absolute Gasteiger partial charge is 0.363 e. The molecule has 0 aliphatic carbocycles. The second-order valence-corrected chi connectivity index (χ2v) is 8.56. The molecule has 3 aromatic carbocycles. The van der Waals surface area contributed by atoms with E-state index in [4.69, 9.17) is 14.2 Å². The van der Waals surface area contributed by atoms with Crippen molar-refractivity contribution >= 4 is 33.9 Å². The summed E-state index contributed by atoms with van der Waals surface area (Å²) in [4.78, 5) is 16.9. The van der Waals surface area contributed by atoms with Gasteiger partial charge in [0.2, 0.25) is 5.90 Å². The minimum absolute atomic E-state index is 0.00467. The van der Waals surface area contributed by atoms with Crippen LogP contribution in [-0.2, 0) is 9.53 Å². The van der Waals surface area contributed by atoms with Gasteiger partial charge in [0.15, 0.2) is 17.2 Å². The number of ether oxygens (including phenoxy) is 3. The van der Waals surface area contributed by atoms with Gasteiger partial charge in [-0.1, -0.05) is 42.5 Å². The Labute approximate surface area is 201 Å². The molecule has 0 spiro atoms. The second kappa shape index (κ2) is 10.0. The molecular formula is C27H24BrNO4. The zero-order valence-corrected chi connectivity index (χ0v) is 20.3. The molecule has 3 aromatic rings. The molecule has 1 heterocycles. The minimum atomic E-state index is -0.492. The van der Waals surface area contributed by atoms with Crippen LogP contribution in [0.2, 0.25) is 0 Å². The molecule has 1 aliphatic heterocycles. The fourth-order valence-electron chi connectivity index (χ4n) is 3.41. The topological polar surface area (TPSA) is 57.1 Å². The van der Waals surface area contributed by atoms with Crippen LogP contribution in [0.3, 0.4) is 0 Å². The van der Waals surface area contributed by atoms with E-state index in [1.807, 2.05) is 75.4 Å². The Bertz CT molecular complexity index is 1210. The van der Waals surface area contributed by atoms with Crippen molar-refractivity contribution in [1.29, 1.82) is 0 Å². The van der Waals surface area contributed by atoms with Crippen LogP contribution in [0, 0.1) is 0 Å². The number of nitrogens with zero attached hydrogens (tertiary/aromatic N) is 1. The summed E-state index contributed by atoms with van der Waals surface area (Å²) in [5, 5.41) is 0. The van der Waals surface area contributed by atoms with E-state index in [0.29, 0.717) is 18.1 Å². The van der Waals surface area contributed by atoms with Crippen LogP contribution in [0.5, 0.6) is 11.5 Å². The summed E-state index contributed by atoms with van der Waals surface area (Å²) in [5.41, 5.74) is 3.91. The number of aliphatic imine (C=N–C) groups is 1. The Morgan fingerprint density at radius 3 is 2.33 bits per heavy atom. The maximum Gasteiger partial charge on any atom is 0.363 e. The fraction of sp³-hybridized carbons (Fsp3) is 0.185. The molecular weight excluding hydrogens is 482 g/mol. The SMILES string of the molecule is CCOc1cc(/C=C2\N=C(c3ccc(-c4ccccc4)cc3)OC2=O)cc(Br)c1OC(C)C. The third-order valence-electron chi connectivity index (χ3n) is 4.85. The molecule has 1 aliphatic rings. The molecule has 168 valence electrons. The van der Waals surface area contributed by atoms with Crippen molar-refractivity contribution < 1.29 is 19.0 Å². The molecule has 33 heavy (non-hydrogen) atoms. The molecule has 0 unspecified atom stereocenters. The van der Waals surface area contributed by atoms with E-state index >= 15 is 0 Å². The molecule has 4 rings (SSSR count). The first kappa shape index (κ1) is 22.8. The van der Waals surface area contributed by atoms with Crippen molar-refractivity contribution in [1.82, 2.24) is 0 Å². The number of halogens is 1. The van der Waals surface area contributed by atoms with Crippen LogP contribution in [0.4, 0.5) is 0 Å². The predicted octanol–water partition coefficient (Wildman–Crippen LogP) is 6.65. The normalized spacial score (nSPS) is 14.4. The average Bonchev–Trinajstić information content (AvgIpc) is 3.17. The van der Waals surface area contributed by atoms with Gasteiger partial charge in [0.05, 0.1) is 17.2 Å². The Kier molecular flexibility index (Phi) is 6.94. The van der Waals surface area contributed by atoms with Gasteiger partial charge in [0.1, 0.15) is 0 Å². The Morgan fingerprint density at radius 1 is 1.00 bits per heavy atom. The van der Waals surface area contributed by atoms with Crippen molar-refractivity contribution in [2.24, 2.45) is 4.99 Å². The summed E-state index contributed by atoms with van der Waals surface area (Å²) in [6.07, 6.45) is 1.68. The van der Waals surface area contributed by atoms with Crippen molar-refractivity contribution in [3.8, 4) is 22.6 Å². The van der Waals surface area contributed by atoms with Gasteiger partial charge in [0, 0.05) is 5.56 Å². The molecule has 0 saturated heterocycles. The number of carbonyl (C=O) groups is 1. The Morgan fingerprint density at radius 2 is 1.67 bits per heavy atom. The summed E-state index contributed by atoms with van der Waals surface area (Å²) >= 11 is 3.55. The number of benzene rings is 3. The van der Waals surface area contributed by atoms with Gasteiger partial charge in [-0.15, -0.1) is 0 Å². The van der Waals surface area contributed by atoms with Crippen LogP contribution < -0.4 is 9.47 Å². The van der Waals surface area contributed by atoms with E-state index in [1.54, 1.807) is 6.08 Å². The standard InChI is InChI=1S/C27H24BrNO4/c1-4-31-24-16-18(14-22(28)25(24)32-17(2)3)15-23-27(30)33-26(29-23)21-12-10-20(11-13-21)19-8-6-5-7-9-19/h5-17H,4H2,1-3H3/b23-15-. The quantitative estimate of drug-likeness (QED) is 0.266. The van der Waals surface area contributed by atoms with E-state index in [9.17, 15) is 4.79 Å². The Hall–Kier alpha value is -3.38. The molecule has 0 saturated carbocycles. The molecule has 6 heteroatoms. The van der Waals surface area contributed by atoms with E-state index in [2.05, 4.69) is 33.1 Å². The lowest BCUT2D eigenvalue weighted by Crippen LogP contribution is -2.08. The second-order valence-electron chi connectivity index (χ2n) is 7.71. The lowest BCUT2D eigenvalue weighted by Gasteiger charge is -2.16. The van der Waals surface area contributed by atoms with Gasteiger partial charge in [0.25, 0.3) is 0 Å². The summed E-state index contributed by atoms with van der Waals surface area (Å²) in [7, 11) is 0. The molecule has 0 atom stereocenters.